The van der Waals surface area contributed by atoms with Gasteiger partial charge in [-0.15, -0.1) is 0 Å². The van der Waals surface area contributed by atoms with Crippen molar-refractivity contribution in [2.24, 2.45) is 11.3 Å². The van der Waals surface area contributed by atoms with Gasteiger partial charge in [0.15, 0.2) is 5.78 Å². The van der Waals surface area contributed by atoms with E-state index in [2.05, 4.69) is 33.8 Å². The van der Waals surface area contributed by atoms with Crippen LogP contribution in [0.2, 0.25) is 0 Å². The molecule has 1 heteroatoms. The fraction of sp³-hybridized carbons (Fsp3) is 0.533. The molecule has 1 aliphatic rings. The second-order valence-corrected chi connectivity index (χ2v) is 6.19. The van der Waals surface area contributed by atoms with Crippen LogP contribution in [0.15, 0.2) is 18.2 Å². The van der Waals surface area contributed by atoms with Crippen molar-refractivity contribution in [2.75, 3.05) is 0 Å². The van der Waals surface area contributed by atoms with Crippen molar-refractivity contribution in [3.8, 4) is 0 Å². The molecule has 2 rings (SSSR count). The zero-order valence-electron chi connectivity index (χ0n) is 10.6. The molecule has 1 nitrogen and oxygen atoms in total. The van der Waals surface area contributed by atoms with E-state index in [1.807, 2.05) is 12.1 Å². The van der Waals surface area contributed by atoms with Gasteiger partial charge in [-0.2, -0.15) is 0 Å². The summed E-state index contributed by atoms with van der Waals surface area (Å²) in [6.45, 7) is 8.69. The first-order valence-electron chi connectivity index (χ1n) is 6.00. The number of carbonyl (C=O) groups is 1. The molecule has 1 atom stereocenters. The molecule has 1 aromatic rings. The van der Waals surface area contributed by atoms with Gasteiger partial charge < -0.3 is 0 Å². The Morgan fingerprint density at radius 1 is 1.31 bits per heavy atom. The summed E-state index contributed by atoms with van der Waals surface area (Å²) in [5, 5.41) is 0. The lowest BCUT2D eigenvalue weighted by atomic mass is 9.83. The number of rotatable bonds is 1. The Morgan fingerprint density at radius 2 is 2.00 bits per heavy atom. The van der Waals surface area contributed by atoms with Gasteiger partial charge in [-0.1, -0.05) is 44.5 Å². The number of ketones is 1. The Kier molecular flexibility index (Phi) is 2.65. The highest BCUT2D eigenvalue weighted by atomic mass is 16.1. The van der Waals surface area contributed by atoms with Crippen LogP contribution in [0.5, 0.6) is 0 Å². The molecule has 0 bridgehead atoms. The van der Waals surface area contributed by atoms with E-state index < -0.39 is 0 Å². The van der Waals surface area contributed by atoms with Crippen molar-refractivity contribution in [1.82, 2.24) is 0 Å². The minimum Gasteiger partial charge on any atom is -0.294 e. The third-order valence-corrected chi connectivity index (χ3v) is 3.22. The third kappa shape index (κ3) is 2.18. The van der Waals surface area contributed by atoms with Crippen LogP contribution in [0, 0.1) is 18.3 Å². The Hall–Kier alpha value is -1.11. The maximum absolute atomic E-state index is 12.2. The molecule has 0 amide bonds. The van der Waals surface area contributed by atoms with E-state index in [9.17, 15) is 4.79 Å². The monoisotopic (exact) mass is 216 g/mol. The van der Waals surface area contributed by atoms with Gasteiger partial charge in [0.25, 0.3) is 0 Å². The Balaban J connectivity index is 2.24. The predicted molar refractivity (Wildman–Crippen MR) is 66.8 cm³/mol. The van der Waals surface area contributed by atoms with E-state index in [4.69, 9.17) is 0 Å². The van der Waals surface area contributed by atoms with Gasteiger partial charge in [0, 0.05) is 11.5 Å². The van der Waals surface area contributed by atoms with Crippen molar-refractivity contribution in [1.29, 1.82) is 0 Å². The van der Waals surface area contributed by atoms with Crippen LogP contribution in [0.1, 0.15) is 48.7 Å². The van der Waals surface area contributed by atoms with Gasteiger partial charge in [-0.3, -0.25) is 4.79 Å². The lowest BCUT2D eigenvalue weighted by Crippen LogP contribution is -2.17. The molecule has 0 fully saturated rings. The average Bonchev–Trinajstić information content (AvgIpc) is 2.40. The second kappa shape index (κ2) is 3.73. The Labute approximate surface area is 97.9 Å². The molecule has 0 radical (unpaired) electrons. The van der Waals surface area contributed by atoms with Gasteiger partial charge in [0.05, 0.1) is 0 Å². The normalized spacial score (nSPS) is 20.0. The summed E-state index contributed by atoms with van der Waals surface area (Å²) < 4.78 is 0. The van der Waals surface area contributed by atoms with Crippen LogP contribution < -0.4 is 0 Å². The first-order valence-corrected chi connectivity index (χ1v) is 6.00. The number of hydrogen-bond donors (Lipinski definition) is 0. The fourth-order valence-electron chi connectivity index (χ4n) is 2.61. The van der Waals surface area contributed by atoms with Crippen LogP contribution in [-0.4, -0.2) is 5.78 Å². The van der Waals surface area contributed by atoms with Crippen molar-refractivity contribution in [3.63, 3.8) is 0 Å². The summed E-state index contributed by atoms with van der Waals surface area (Å²) in [5.41, 5.74) is 3.69. The van der Waals surface area contributed by atoms with Gasteiger partial charge in [0.2, 0.25) is 0 Å². The molecular weight excluding hydrogens is 196 g/mol. The first kappa shape index (κ1) is 11.4. The van der Waals surface area contributed by atoms with Crippen molar-refractivity contribution >= 4 is 5.78 Å². The predicted octanol–water partition coefficient (Wildman–Crippen LogP) is 3.79. The molecule has 1 aliphatic carbocycles. The van der Waals surface area contributed by atoms with Crippen molar-refractivity contribution in [3.05, 3.63) is 34.9 Å². The summed E-state index contributed by atoms with van der Waals surface area (Å²) in [6, 6.07) is 6.20. The third-order valence-electron chi connectivity index (χ3n) is 3.22. The smallest absolute Gasteiger partial charge is 0.166 e. The molecule has 1 unspecified atom stereocenters. The molecule has 86 valence electrons. The maximum Gasteiger partial charge on any atom is 0.166 e. The van der Waals surface area contributed by atoms with E-state index in [-0.39, 0.29) is 11.3 Å². The van der Waals surface area contributed by atoms with E-state index in [1.165, 1.54) is 11.1 Å². The highest BCUT2D eigenvalue weighted by Gasteiger charge is 2.32. The van der Waals surface area contributed by atoms with Crippen molar-refractivity contribution in [2.45, 2.75) is 40.5 Å². The van der Waals surface area contributed by atoms with Gasteiger partial charge in [-0.05, 0) is 30.7 Å². The Morgan fingerprint density at radius 3 is 2.62 bits per heavy atom. The highest BCUT2D eigenvalue weighted by Crippen LogP contribution is 2.35. The number of aryl methyl sites for hydroxylation is 1. The van der Waals surface area contributed by atoms with E-state index in [1.54, 1.807) is 0 Å². The topological polar surface area (TPSA) is 17.1 Å². The molecule has 0 aliphatic heterocycles. The first-order chi connectivity index (χ1) is 7.37. The van der Waals surface area contributed by atoms with Crippen LogP contribution in [0.4, 0.5) is 0 Å². The molecule has 1 aromatic carbocycles. The van der Waals surface area contributed by atoms with Gasteiger partial charge in [-0.25, -0.2) is 0 Å². The van der Waals surface area contributed by atoms with Gasteiger partial charge in [0.1, 0.15) is 0 Å². The summed E-state index contributed by atoms with van der Waals surface area (Å²) >= 11 is 0. The fourth-order valence-corrected chi connectivity index (χ4v) is 2.61. The SMILES string of the molecule is Cc1ccc2c(c1)CC(CC(C)(C)C)C2=O. The molecule has 0 N–H and O–H groups in total. The minimum atomic E-state index is 0.205. The van der Waals surface area contributed by atoms with Crippen molar-refractivity contribution < 1.29 is 4.79 Å². The highest BCUT2D eigenvalue weighted by molar-refractivity contribution is 6.02. The van der Waals surface area contributed by atoms with E-state index in [0.29, 0.717) is 5.78 Å². The molecule has 0 aromatic heterocycles. The molecule has 0 saturated heterocycles. The van der Waals surface area contributed by atoms with Crippen LogP contribution in [0.25, 0.3) is 0 Å². The number of hydrogen-bond acceptors (Lipinski definition) is 1. The van der Waals surface area contributed by atoms with Crippen LogP contribution >= 0.6 is 0 Å². The number of fused-ring (bicyclic) bond motifs is 1. The zero-order valence-corrected chi connectivity index (χ0v) is 10.6. The molecule has 0 heterocycles. The second-order valence-electron chi connectivity index (χ2n) is 6.19. The summed E-state index contributed by atoms with van der Waals surface area (Å²) in [4.78, 5) is 12.2. The Bertz CT molecular complexity index is 424. The molecule has 0 saturated carbocycles. The minimum absolute atomic E-state index is 0.205. The molecular formula is C15H20O. The number of benzene rings is 1. The average molecular weight is 216 g/mol. The molecule has 0 spiro atoms. The lowest BCUT2D eigenvalue weighted by Gasteiger charge is -2.21. The van der Waals surface area contributed by atoms with E-state index in [0.717, 1.165) is 18.4 Å². The standard InChI is InChI=1S/C15H20O/c1-10-5-6-13-11(7-10)8-12(14(13)16)9-15(2,3)4/h5-7,12H,8-9H2,1-4H3. The van der Waals surface area contributed by atoms with Crippen LogP contribution in [0.3, 0.4) is 0 Å². The van der Waals surface area contributed by atoms with Crippen LogP contribution in [-0.2, 0) is 6.42 Å². The summed E-state index contributed by atoms with van der Waals surface area (Å²) in [6.07, 6.45) is 1.92. The largest absolute Gasteiger partial charge is 0.294 e. The quantitative estimate of drug-likeness (QED) is 0.698. The number of carbonyl (C=O) groups excluding carboxylic acids is 1. The van der Waals surface area contributed by atoms with E-state index >= 15 is 0 Å². The maximum atomic E-state index is 12.2. The number of Topliss-reactive ketones (excluding diaryl/α,β-unsaturated/α-hetero) is 1. The zero-order chi connectivity index (χ0) is 11.9. The molecule has 16 heavy (non-hydrogen) atoms. The lowest BCUT2D eigenvalue weighted by molar-refractivity contribution is 0.0903. The van der Waals surface area contributed by atoms with Gasteiger partial charge >= 0.3 is 0 Å². The summed E-state index contributed by atoms with van der Waals surface area (Å²) in [7, 11) is 0. The summed E-state index contributed by atoms with van der Waals surface area (Å²) in [5.74, 6) is 0.557.